The minimum Gasteiger partial charge on any atom is -0.351 e. The molecule has 2 nitrogen and oxygen atoms in total. The van der Waals surface area contributed by atoms with E-state index in [9.17, 15) is 4.39 Å². The summed E-state index contributed by atoms with van der Waals surface area (Å²) in [6, 6.07) is 8.88. The van der Waals surface area contributed by atoms with E-state index in [0.29, 0.717) is 6.54 Å². The average molecular weight is 311 g/mol. The highest BCUT2D eigenvalue weighted by Gasteiger charge is 2.03. The topological polar surface area (TPSA) is 17.0 Å². The molecule has 0 aliphatic rings. The maximum absolute atomic E-state index is 13.1. The molecule has 0 saturated heterocycles. The Balaban J connectivity index is 1.94. The van der Waals surface area contributed by atoms with Crippen molar-refractivity contribution >= 4 is 15.9 Å². The molecule has 0 amide bonds. The number of aryl methyl sites for hydroxylation is 1. The van der Waals surface area contributed by atoms with Crippen molar-refractivity contribution in [3.05, 3.63) is 58.1 Å². The quantitative estimate of drug-likeness (QED) is 0.891. The SMILES string of the molecule is CCn1cccc1CNCc1cc(F)ccc1Br. The zero-order valence-electron chi connectivity index (χ0n) is 10.3. The Kier molecular flexibility index (Phi) is 4.55. The second kappa shape index (κ2) is 6.16. The van der Waals surface area contributed by atoms with E-state index in [1.54, 1.807) is 12.1 Å². The average Bonchev–Trinajstić information content (AvgIpc) is 2.81. The summed E-state index contributed by atoms with van der Waals surface area (Å²) in [6.07, 6.45) is 2.06. The Bertz CT molecular complexity index is 522. The van der Waals surface area contributed by atoms with Crippen LogP contribution in [0, 0.1) is 5.82 Å². The predicted molar refractivity (Wildman–Crippen MR) is 74.7 cm³/mol. The fraction of sp³-hybridized carbons (Fsp3) is 0.286. The zero-order chi connectivity index (χ0) is 13.0. The number of nitrogens with one attached hydrogen (secondary N) is 1. The maximum atomic E-state index is 13.1. The lowest BCUT2D eigenvalue weighted by molar-refractivity contribution is 0.610. The number of hydrogen-bond donors (Lipinski definition) is 1. The van der Waals surface area contributed by atoms with Gasteiger partial charge >= 0.3 is 0 Å². The van der Waals surface area contributed by atoms with E-state index in [4.69, 9.17) is 0 Å². The van der Waals surface area contributed by atoms with Gasteiger partial charge in [0.15, 0.2) is 0 Å². The lowest BCUT2D eigenvalue weighted by atomic mass is 10.2. The highest BCUT2D eigenvalue weighted by molar-refractivity contribution is 9.10. The lowest BCUT2D eigenvalue weighted by Gasteiger charge is -2.09. The van der Waals surface area contributed by atoms with Gasteiger partial charge in [-0.25, -0.2) is 4.39 Å². The fourth-order valence-electron chi connectivity index (χ4n) is 1.92. The summed E-state index contributed by atoms with van der Waals surface area (Å²) >= 11 is 3.43. The monoisotopic (exact) mass is 310 g/mol. The van der Waals surface area contributed by atoms with Crippen molar-refractivity contribution in [3.63, 3.8) is 0 Å². The molecule has 2 aromatic rings. The largest absolute Gasteiger partial charge is 0.351 e. The number of rotatable bonds is 5. The van der Waals surface area contributed by atoms with Crippen LogP contribution in [0.25, 0.3) is 0 Å². The van der Waals surface area contributed by atoms with Gasteiger partial charge in [-0.3, -0.25) is 0 Å². The molecule has 96 valence electrons. The molecule has 1 N–H and O–H groups in total. The Morgan fingerprint density at radius 1 is 1.28 bits per heavy atom. The van der Waals surface area contributed by atoms with Crippen molar-refractivity contribution in [1.82, 2.24) is 9.88 Å². The molecule has 18 heavy (non-hydrogen) atoms. The third kappa shape index (κ3) is 3.21. The molecule has 0 aliphatic heterocycles. The van der Waals surface area contributed by atoms with Gasteiger partial charge in [-0.05, 0) is 42.8 Å². The second-order valence-electron chi connectivity index (χ2n) is 4.12. The van der Waals surface area contributed by atoms with Gasteiger partial charge in [-0.2, -0.15) is 0 Å². The number of benzene rings is 1. The van der Waals surface area contributed by atoms with E-state index < -0.39 is 0 Å². The third-order valence-corrected chi connectivity index (χ3v) is 3.67. The maximum Gasteiger partial charge on any atom is 0.123 e. The molecule has 2 rings (SSSR count). The van der Waals surface area contributed by atoms with Crippen molar-refractivity contribution in [2.75, 3.05) is 0 Å². The van der Waals surface area contributed by atoms with Crippen molar-refractivity contribution in [2.24, 2.45) is 0 Å². The molecule has 0 saturated carbocycles. The van der Waals surface area contributed by atoms with Gasteiger partial charge < -0.3 is 9.88 Å². The number of aromatic nitrogens is 1. The van der Waals surface area contributed by atoms with E-state index in [1.807, 2.05) is 6.07 Å². The van der Waals surface area contributed by atoms with Crippen LogP contribution in [-0.2, 0) is 19.6 Å². The zero-order valence-corrected chi connectivity index (χ0v) is 11.9. The molecule has 0 fully saturated rings. The van der Waals surface area contributed by atoms with Gasteiger partial charge in [-0.1, -0.05) is 15.9 Å². The Morgan fingerprint density at radius 2 is 2.11 bits per heavy atom. The molecule has 1 heterocycles. The van der Waals surface area contributed by atoms with Crippen molar-refractivity contribution in [1.29, 1.82) is 0 Å². The first-order valence-electron chi connectivity index (χ1n) is 5.99. The summed E-state index contributed by atoms with van der Waals surface area (Å²) in [4.78, 5) is 0. The van der Waals surface area contributed by atoms with Crippen LogP contribution in [0.1, 0.15) is 18.2 Å². The molecule has 0 spiro atoms. The molecule has 1 aromatic carbocycles. The normalized spacial score (nSPS) is 10.8. The second-order valence-corrected chi connectivity index (χ2v) is 4.98. The molecule has 1 aromatic heterocycles. The summed E-state index contributed by atoms with van der Waals surface area (Å²) in [7, 11) is 0. The van der Waals surface area contributed by atoms with Gasteiger partial charge in [0.25, 0.3) is 0 Å². The van der Waals surface area contributed by atoms with Gasteiger partial charge in [0.05, 0.1) is 0 Å². The Hall–Kier alpha value is -1.13. The molecule has 0 radical (unpaired) electrons. The first kappa shape index (κ1) is 13.3. The van der Waals surface area contributed by atoms with Crippen LogP contribution in [0.4, 0.5) is 4.39 Å². The first-order valence-corrected chi connectivity index (χ1v) is 6.78. The summed E-state index contributed by atoms with van der Waals surface area (Å²) in [5, 5.41) is 3.33. The smallest absolute Gasteiger partial charge is 0.123 e. The van der Waals surface area contributed by atoms with Crippen LogP contribution in [0.3, 0.4) is 0 Å². The van der Waals surface area contributed by atoms with Crippen LogP contribution in [0.2, 0.25) is 0 Å². The van der Waals surface area contributed by atoms with Crippen molar-refractivity contribution in [3.8, 4) is 0 Å². The van der Waals surface area contributed by atoms with E-state index in [-0.39, 0.29) is 5.82 Å². The number of halogens is 2. The molecule has 0 unspecified atom stereocenters. The van der Waals surface area contributed by atoms with Crippen LogP contribution in [-0.4, -0.2) is 4.57 Å². The number of hydrogen-bond acceptors (Lipinski definition) is 1. The molecular formula is C14H16BrFN2. The first-order chi connectivity index (χ1) is 8.70. The van der Waals surface area contributed by atoms with Crippen LogP contribution >= 0.6 is 15.9 Å². The van der Waals surface area contributed by atoms with Gasteiger partial charge in [0.1, 0.15) is 5.82 Å². The standard InChI is InChI=1S/C14H16BrFN2/c1-2-18-7-3-4-13(18)10-17-9-11-8-12(16)5-6-14(11)15/h3-8,17H,2,9-10H2,1H3. The summed E-state index contributed by atoms with van der Waals surface area (Å²) in [5.74, 6) is -0.202. The Morgan fingerprint density at radius 3 is 2.89 bits per heavy atom. The van der Waals surface area contributed by atoms with E-state index in [0.717, 1.165) is 23.1 Å². The third-order valence-electron chi connectivity index (χ3n) is 2.89. The fourth-order valence-corrected chi connectivity index (χ4v) is 2.31. The van der Waals surface area contributed by atoms with E-state index in [1.165, 1.54) is 11.8 Å². The molecule has 4 heteroatoms. The minimum absolute atomic E-state index is 0.202. The Labute approximate surface area is 115 Å². The van der Waals surface area contributed by atoms with Crippen LogP contribution < -0.4 is 5.32 Å². The van der Waals surface area contributed by atoms with Crippen molar-refractivity contribution < 1.29 is 4.39 Å². The summed E-state index contributed by atoms with van der Waals surface area (Å²) in [5.41, 5.74) is 2.18. The van der Waals surface area contributed by atoms with E-state index >= 15 is 0 Å². The minimum atomic E-state index is -0.202. The van der Waals surface area contributed by atoms with Crippen LogP contribution in [0.5, 0.6) is 0 Å². The summed E-state index contributed by atoms with van der Waals surface area (Å²) in [6.45, 7) is 4.51. The molecule has 0 atom stereocenters. The van der Waals surface area contributed by atoms with Gasteiger partial charge in [0.2, 0.25) is 0 Å². The molecule has 0 aliphatic carbocycles. The van der Waals surface area contributed by atoms with Crippen LogP contribution in [0.15, 0.2) is 41.0 Å². The summed E-state index contributed by atoms with van der Waals surface area (Å²) < 4.78 is 16.2. The molecule has 0 bridgehead atoms. The lowest BCUT2D eigenvalue weighted by Crippen LogP contribution is -2.15. The molecular weight excluding hydrogens is 295 g/mol. The van der Waals surface area contributed by atoms with E-state index in [2.05, 4.69) is 45.0 Å². The van der Waals surface area contributed by atoms with Gasteiger partial charge in [-0.15, -0.1) is 0 Å². The predicted octanol–water partition coefficient (Wildman–Crippen LogP) is 3.70. The van der Waals surface area contributed by atoms with Crippen molar-refractivity contribution in [2.45, 2.75) is 26.6 Å². The highest BCUT2D eigenvalue weighted by atomic mass is 79.9. The van der Waals surface area contributed by atoms with Gasteiger partial charge in [0, 0.05) is 36.0 Å². The highest BCUT2D eigenvalue weighted by Crippen LogP contribution is 2.17. The number of nitrogens with zero attached hydrogens (tertiary/aromatic N) is 1.